The number of benzene rings is 1. The molecule has 8 heteroatoms. The largest absolute Gasteiger partial charge is 0.493 e. The van der Waals surface area contributed by atoms with Crippen molar-refractivity contribution in [2.24, 2.45) is 5.92 Å². The van der Waals surface area contributed by atoms with Crippen LogP contribution in [0.15, 0.2) is 59.7 Å². The number of esters is 3. The Bertz CT molecular complexity index is 1130. The molecule has 4 atom stereocenters. The highest BCUT2D eigenvalue weighted by atomic mass is 16.6. The zero-order valence-electron chi connectivity index (χ0n) is 19.2. The second kappa shape index (κ2) is 9.59. The van der Waals surface area contributed by atoms with Gasteiger partial charge in [-0.05, 0) is 42.8 Å². The van der Waals surface area contributed by atoms with Gasteiger partial charge in [-0.25, -0.2) is 14.4 Å². The van der Waals surface area contributed by atoms with Crippen molar-refractivity contribution in [2.75, 3.05) is 14.2 Å². The summed E-state index contributed by atoms with van der Waals surface area (Å²) in [6.45, 7) is 5.72. The zero-order chi connectivity index (χ0) is 24.4. The fourth-order valence-corrected chi connectivity index (χ4v) is 4.40. The van der Waals surface area contributed by atoms with E-state index in [0.29, 0.717) is 29.1 Å². The van der Waals surface area contributed by atoms with E-state index in [-0.39, 0.29) is 12.0 Å². The third-order valence-electron chi connectivity index (χ3n) is 6.05. The molecule has 2 heterocycles. The number of ether oxygens (including phenoxy) is 5. The van der Waals surface area contributed by atoms with Gasteiger partial charge in [-0.1, -0.05) is 18.2 Å². The molecule has 0 saturated carbocycles. The Kier molecular flexibility index (Phi) is 6.58. The van der Waals surface area contributed by atoms with E-state index in [2.05, 4.69) is 6.58 Å². The molecule has 0 aromatic heterocycles. The second-order valence-electron chi connectivity index (χ2n) is 8.40. The van der Waals surface area contributed by atoms with Crippen LogP contribution in [0.4, 0.5) is 0 Å². The Hall–Kier alpha value is -3.81. The Balaban J connectivity index is 1.57. The monoisotopic (exact) mass is 466 g/mol. The molecule has 1 aromatic rings. The first-order valence-electron chi connectivity index (χ1n) is 10.9. The highest BCUT2D eigenvalue weighted by Crippen LogP contribution is 2.38. The van der Waals surface area contributed by atoms with Crippen LogP contribution in [-0.2, 0) is 28.6 Å². The summed E-state index contributed by atoms with van der Waals surface area (Å²) in [5.41, 5.74) is 2.23. The minimum absolute atomic E-state index is 0.174. The van der Waals surface area contributed by atoms with Crippen LogP contribution < -0.4 is 9.47 Å². The van der Waals surface area contributed by atoms with Gasteiger partial charge in [0.1, 0.15) is 18.3 Å². The summed E-state index contributed by atoms with van der Waals surface area (Å²) < 4.78 is 27.2. The molecule has 2 aliphatic heterocycles. The summed E-state index contributed by atoms with van der Waals surface area (Å²) in [5.74, 6) is -1.09. The summed E-state index contributed by atoms with van der Waals surface area (Å²) in [5, 5.41) is 0. The summed E-state index contributed by atoms with van der Waals surface area (Å²) in [6.07, 6.45) is 5.21. The second-order valence-corrected chi connectivity index (χ2v) is 8.40. The average Bonchev–Trinajstić information content (AvgIpc) is 3.28. The summed E-state index contributed by atoms with van der Waals surface area (Å²) in [6, 6.07) is 5.25. The molecule has 2 bridgehead atoms. The lowest BCUT2D eigenvalue weighted by atomic mass is 9.85. The molecule has 1 aromatic carbocycles. The molecule has 0 amide bonds. The molecule has 8 nitrogen and oxygen atoms in total. The smallest absolute Gasteiger partial charge is 0.334 e. The van der Waals surface area contributed by atoms with Gasteiger partial charge in [-0.2, -0.15) is 0 Å². The molecule has 0 N–H and O–H groups in total. The van der Waals surface area contributed by atoms with E-state index in [0.717, 1.165) is 5.57 Å². The van der Waals surface area contributed by atoms with E-state index >= 15 is 0 Å². The van der Waals surface area contributed by atoms with Crippen molar-refractivity contribution in [1.29, 1.82) is 0 Å². The van der Waals surface area contributed by atoms with Crippen molar-refractivity contribution in [3.8, 4) is 11.5 Å². The quantitative estimate of drug-likeness (QED) is 0.282. The molecule has 4 rings (SSSR count). The van der Waals surface area contributed by atoms with Gasteiger partial charge in [-0.3, -0.25) is 0 Å². The minimum Gasteiger partial charge on any atom is -0.493 e. The average molecular weight is 466 g/mol. The number of methoxy groups -OCH3 is 2. The number of rotatable bonds is 5. The third kappa shape index (κ3) is 4.76. The van der Waals surface area contributed by atoms with Crippen LogP contribution in [-0.4, -0.2) is 50.4 Å². The molecule has 0 radical (unpaired) electrons. The molecule has 1 aliphatic carbocycles. The first kappa shape index (κ1) is 23.4. The summed E-state index contributed by atoms with van der Waals surface area (Å²) in [4.78, 5) is 37.3. The van der Waals surface area contributed by atoms with Crippen LogP contribution in [0.1, 0.15) is 25.3 Å². The van der Waals surface area contributed by atoms with Gasteiger partial charge >= 0.3 is 17.9 Å². The van der Waals surface area contributed by atoms with Gasteiger partial charge in [-0.15, -0.1) is 0 Å². The molecule has 1 fully saturated rings. The number of fused-ring (bicyclic) bond motifs is 2. The predicted molar refractivity (Wildman–Crippen MR) is 122 cm³/mol. The third-order valence-corrected chi connectivity index (χ3v) is 6.05. The predicted octanol–water partition coefficient (Wildman–Crippen LogP) is 3.32. The number of carbonyl (C=O) groups excluding carboxylic acids is 3. The van der Waals surface area contributed by atoms with E-state index in [9.17, 15) is 14.4 Å². The maximum absolute atomic E-state index is 12.8. The Morgan fingerprint density at radius 3 is 2.56 bits per heavy atom. The van der Waals surface area contributed by atoms with Gasteiger partial charge in [0, 0.05) is 30.1 Å². The van der Waals surface area contributed by atoms with Crippen LogP contribution in [0, 0.1) is 5.92 Å². The van der Waals surface area contributed by atoms with Gasteiger partial charge in [0.05, 0.1) is 20.1 Å². The standard InChI is InChI=1S/C26H26O8/c1-14-9-18-12-17(26(29)32-18)13-22-24(15(2)25(28)34-22)21(10-14)33-23(27)8-6-16-5-7-19(30-3)20(11-16)31-4/h5-8,10-12,18,21-22,24H,2,9,13H2,1,3-4H3/b8-6+,14-10+/t18-,21-,22+,24+/m1/s1. The van der Waals surface area contributed by atoms with E-state index in [1.54, 1.807) is 43.5 Å². The Morgan fingerprint density at radius 2 is 1.82 bits per heavy atom. The van der Waals surface area contributed by atoms with Crippen LogP contribution in [0.3, 0.4) is 0 Å². The van der Waals surface area contributed by atoms with Crippen molar-refractivity contribution in [2.45, 2.75) is 38.1 Å². The number of hydrogen-bond donors (Lipinski definition) is 0. The molecular weight excluding hydrogens is 440 g/mol. The lowest BCUT2D eigenvalue weighted by Gasteiger charge is -2.25. The van der Waals surface area contributed by atoms with Gasteiger partial charge < -0.3 is 23.7 Å². The van der Waals surface area contributed by atoms with E-state index in [1.807, 2.05) is 6.92 Å². The Labute approximate surface area is 197 Å². The molecule has 1 saturated heterocycles. The molecular formula is C26H26O8. The van der Waals surface area contributed by atoms with E-state index in [1.165, 1.54) is 13.2 Å². The maximum Gasteiger partial charge on any atom is 0.334 e. The maximum atomic E-state index is 12.8. The zero-order valence-corrected chi connectivity index (χ0v) is 19.2. The normalized spacial score (nSPS) is 27.8. The van der Waals surface area contributed by atoms with Gasteiger partial charge in [0.25, 0.3) is 0 Å². The van der Waals surface area contributed by atoms with Crippen molar-refractivity contribution >= 4 is 24.0 Å². The SMILES string of the molecule is C=C1C(=O)O[C@H]2CC3=C[C@@H](C/C(C)=C/[C@@H](OC(=O)/C=C/c4ccc(OC)c(OC)c4)[C@H]12)OC3=O. The first-order chi connectivity index (χ1) is 16.3. The molecule has 0 unspecified atom stereocenters. The van der Waals surface area contributed by atoms with E-state index in [4.69, 9.17) is 23.7 Å². The van der Waals surface area contributed by atoms with Crippen LogP contribution in [0.2, 0.25) is 0 Å². The van der Waals surface area contributed by atoms with Crippen LogP contribution >= 0.6 is 0 Å². The lowest BCUT2D eigenvalue weighted by Crippen LogP contribution is -2.32. The van der Waals surface area contributed by atoms with Crippen molar-refractivity contribution in [1.82, 2.24) is 0 Å². The van der Waals surface area contributed by atoms with Crippen LogP contribution in [0.25, 0.3) is 6.08 Å². The fourth-order valence-electron chi connectivity index (χ4n) is 4.40. The lowest BCUT2D eigenvalue weighted by molar-refractivity contribution is -0.145. The number of carbonyl (C=O) groups is 3. The van der Waals surface area contributed by atoms with Gasteiger partial charge in [0.15, 0.2) is 11.5 Å². The van der Waals surface area contributed by atoms with Crippen molar-refractivity contribution in [3.63, 3.8) is 0 Å². The number of hydrogen-bond acceptors (Lipinski definition) is 8. The summed E-state index contributed by atoms with van der Waals surface area (Å²) >= 11 is 0. The Morgan fingerprint density at radius 1 is 1.06 bits per heavy atom. The highest BCUT2D eigenvalue weighted by molar-refractivity contribution is 5.93. The summed E-state index contributed by atoms with van der Waals surface area (Å²) in [7, 11) is 3.07. The highest BCUT2D eigenvalue weighted by Gasteiger charge is 2.46. The van der Waals surface area contributed by atoms with E-state index < -0.39 is 42.1 Å². The van der Waals surface area contributed by atoms with Crippen LogP contribution in [0.5, 0.6) is 11.5 Å². The van der Waals surface area contributed by atoms with Gasteiger partial charge in [0.2, 0.25) is 0 Å². The van der Waals surface area contributed by atoms with Crippen molar-refractivity contribution < 1.29 is 38.1 Å². The fraction of sp³-hybridized carbons (Fsp3) is 0.346. The molecule has 34 heavy (non-hydrogen) atoms. The van der Waals surface area contributed by atoms with Crippen molar-refractivity contribution in [3.05, 3.63) is 65.3 Å². The topological polar surface area (TPSA) is 97.4 Å². The molecule has 178 valence electrons. The minimum atomic E-state index is -0.792. The molecule has 0 spiro atoms. The first-order valence-corrected chi connectivity index (χ1v) is 10.9. The molecule has 3 aliphatic rings.